The lowest BCUT2D eigenvalue weighted by Crippen LogP contribution is -2.18. The number of hydrogen-bond donors (Lipinski definition) is 2. The molecule has 1 amide bonds. The van der Waals surface area contributed by atoms with E-state index >= 15 is 0 Å². The third-order valence-electron chi connectivity index (χ3n) is 4.20. The van der Waals surface area contributed by atoms with E-state index in [1.54, 1.807) is 24.3 Å². The van der Waals surface area contributed by atoms with E-state index in [-0.39, 0.29) is 12.3 Å². The van der Waals surface area contributed by atoms with Crippen LogP contribution in [0.3, 0.4) is 0 Å². The van der Waals surface area contributed by atoms with Gasteiger partial charge in [-0.1, -0.05) is 58.0 Å². The van der Waals surface area contributed by atoms with Crippen molar-refractivity contribution in [1.29, 1.82) is 0 Å². The van der Waals surface area contributed by atoms with Crippen molar-refractivity contribution in [2.45, 2.75) is 46.0 Å². The predicted molar refractivity (Wildman–Crippen MR) is 104 cm³/mol. The second-order valence-corrected chi connectivity index (χ2v) is 8.04. The quantitative estimate of drug-likeness (QED) is 0.760. The van der Waals surface area contributed by atoms with Crippen LogP contribution in [-0.4, -0.2) is 10.8 Å². The molecule has 0 heterocycles. The lowest BCUT2D eigenvalue weighted by Gasteiger charge is -2.20. The highest BCUT2D eigenvalue weighted by Crippen LogP contribution is 2.32. The van der Waals surface area contributed by atoms with Crippen LogP contribution in [-0.2, 0) is 15.8 Å². The molecular weight excluding hydrogens is 333 g/mol. The summed E-state index contributed by atoms with van der Waals surface area (Å²) >= 11 is 0. The first-order chi connectivity index (χ1) is 11.8. The standard InChI is InChI=1S/C20H26NO3P/c1-13(2)17-6-5-7-18(14(3)4)20(17)21-19(22)12-15-8-10-16(11-9-15)25(23)24/h5-11,13-14,25H,12H2,1-4H3,(H,21,22)(H,23,24). The molecule has 25 heavy (non-hydrogen) atoms. The van der Waals surface area contributed by atoms with E-state index in [1.165, 1.54) is 0 Å². The fourth-order valence-electron chi connectivity index (χ4n) is 2.83. The van der Waals surface area contributed by atoms with Crippen LogP contribution < -0.4 is 10.6 Å². The summed E-state index contributed by atoms with van der Waals surface area (Å²) in [7, 11) is -2.69. The van der Waals surface area contributed by atoms with Crippen molar-refractivity contribution in [3.05, 3.63) is 59.2 Å². The summed E-state index contributed by atoms with van der Waals surface area (Å²) in [6.45, 7) is 8.46. The molecule has 2 aromatic carbocycles. The fraction of sp³-hybridized carbons (Fsp3) is 0.350. The number of anilines is 1. The number of benzene rings is 2. The Bertz CT molecular complexity index is 741. The molecule has 0 spiro atoms. The average Bonchev–Trinajstić information content (AvgIpc) is 2.54. The molecule has 4 nitrogen and oxygen atoms in total. The maximum Gasteiger partial charge on any atom is 0.228 e. The molecule has 2 aromatic rings. The van der Waals surface area contributed by atoms with Crippen LogP contribution in [0.4, 0.5) is 5.69 Å². The van der Waals surface area contributed by atoms with Crippen LogP contribution in [0.25, 0.3) is 0 Å². The summed E-state index contributed by atoms with van der Waals surface area (Å²) in [5.41, 5.74) is 4.00. The van der Waals surface area contributed by atoms with E-state index in [4.69, 9.17) is 4.89 Å². The molecule has 0 bridgehead atoms. The maximum absolute atomic E-state index is 12.5. The van der Waals surface area contributed by atoms with Gasteiger partial charge in [0.15, 0.2) is 0 Å². The Kier molecular flexibility index (Phi) is 6.57. The Labute approximate surface area is 150 Å². The number of rotatable bonds is 6. The molecule has 0 saturated heterocycles. The lowest BCUT2D eigenvalue weighted by atomic mass is 9.92. The number of carbonyl (C=O) groups is 1. The Morgan fingerprint density at radius 2 is 1.52 bits per heavy atom. The second kappa shape index (κ2) is 8.46. The van der Waals surface area contributed by atoms with Crippen molar-refractivity contribution >= 4 is 24.9 Å². The van der Waals surface area contributed by atoms with Crippen LogP contribution in [0, 0.1) is 0 Å². The van der Waals surface area contributed by atoms with Crippen molar-refractivity contribution in [3.63, 3.8) is 0 Å². The van der Waals surface area contributed by atoms with Crippen molar-refractivity contribution < 1.29 is 14.3 Å². The molecule has 2 rings (SSSR count). The van der Waals surface area contributed by atoms with Crippen LogP contribution in [0.15, 0.2) is 42.5 Å². The van der Waals surface area contributed by atoms with Gasteiger partial charge in [-0.15, -0.1) is 0 Å². The number of hydrogen-bond acceptors (Lipinski definition) is 2. The molecule has 0 aliphatic carbocycles. The zero-order valence-electron chi connectivity index (χ0n) is 15.2. The summed E-state index contributed by atoms with van der Waals surface area (Å²) in [6, 6.07) is 12.8. The minimum atomic E-state index is -2.69. The summed E-state index contributed by atoms with van der Waals surface area (Å²) < 4.78 is 11.1. The Morgan fingerprint density at radius 1 is 1.00 bits per heavy atom. The topological polar surface area (TPSA) is 66.4 Å². The SMILES string of the molecule is CC(C)c1cccc(C(C)C)c1NC(=O)Cc1ccc([PH](=O)O)cc1. The third kappa shape index (κ3) is 5.04. The van der Waals surface area contributed by atoms with E-state index in [2.05, 4.69) is 45.1 Å². The van der Waals surface area contributed by atoms with Crippen molar-refractivity contribution in [2.75, 3.05) is 5.32 Å². The number of para-hydroxylation sites is 1. The van der Waals surface area contributed by atoms with E-state index < -0.39 is 8.03 Å². The van der Waals surface area contributed by atoms with Gasteiger partial charge in [0.05, 0.1) is 6.42 Å². The minimum absolute atomic E-state index is 0.0839. The Hall–Kier alpha value is -1.90. The summed E-state index contributed by atoms with van der Waals surface area (Å²) in [4.78, 5) is 21.7. The summed E-state index contributed by atoms with van der Waals surface area (Å²) in [5.74, 6) is 0.547. The average molecular weight is 359 g/mol. The third-order valence-corrected chi connectivity index (χ3v) is 5.03. The smallest absolute Gasteiger partial charge is 0.228 e. The summed E-state index contributed by atoms with van der Waals surface area (Å²) in [6.07, 6.45) is 0.233. The van der Waals surface area contributed by atoms with Gasteiger partial charge in [0.2, 0.25) is 13.9 Å². The molecule has 134 valence electrons. The summed E-state index contributed by atoms with van der Waals surface area (Å²) in [5, 5.41) is 3.49. The van der Waals surface area contributed by atoms with Crippen molar-refractivity contribution in [3.8, 4) is 0 Å². The zero-order valence-corrected chi connectivity index (χ0v) is 16.2. The second-order valence-electron chi connectivity index (χ2n) is 6.85. The Balaban J connectivity index is 2.21. The van der Waals surface area contributed by atoms with E-state index in [9.17, 15) is 9.36 Å². The maximum atomic E-state index is 12.5. The zero-order chi connectivity index (χ0) is 18.6. The molecule has 0 aliphatic heterocycles. The first kappa shape index (κ1) is 19.4. The van der Waals surface area contributed by atoms with Crippen LogP contribution >= 0.6 is 8.03 Å². The highest BCUT2D eigenvalue weighted by atomic mass is 31.1. The molecule has 0 radical (unpaired) electrons. The molecule has 5 heteroatoms. The number of carbonyl (C=O) groups excluding carboxylic acids is 1. The van der Waals surface area contributed by atoms with E-state index in [0.717, 1.165) is 22.4 Å². The van der Waals surface area contributed by atoms with Crippen molar-refractivity contribution in [1.82, 2.24) is 0 Å². The van der Waals surface area contributed by atoms with Gasteiger partial charge in [-0.05, 0) is 40.7 Å². The van der Waals surface area contributed by atoms with Gasteiger partial charge in [0.1, 0.15) is 0 Å². The van der Waals surface area contributed by atoms with Gasteiger partial charge >= 0.3 is 0 Å². The molecule has 1 atom stereocenters. The van der Waals surface area contributed by atoms with Gasteiger partial charge in [-0.3, -0.25) is 9.36 Å². The molecule has 1 unspecified atom stereocenters. The van der Waals surface area contributed by atoms with Gasteiger partial charge < -0.3 is 10.2 Å². The normalized spacial score (nSPS) is 12.4. The van der Waals surface area contributed by atoms with Gasteiger partial charge in [-0.25, -0.2) is 0 Å². The Morgan fingerprint density at radius 3 is 1.96 bits per heavy atom. The van der Waals surface area contributed by atoms with Gasteiger partial charge in [0, 0.05) is 11.0 Å². The monoisotopic (exact) mass is 359 g/mol. The fourth-order valence-corrected chi connectivity index (χ4v) is 3.28. The molecule has 0 fully saturated rings. The lowest BCUT2D eigenvalue weighted by molar-refractivity contribution is -0.115. The van der Waals surface area contributed by atoms with Gasteiger partial charge in [-0.2, -0.15) is 0 Å². The largest absolute Gasteiger partial charge is 0.343 e. The predicted octanol–water partition coefficient (Wildman–Crippen LogP) is 4.21. The number of nitrogens with one attached hydrogen (secondary N) is 1. The van der Waals surface area contributed by atoms with E-state index in [1.807, 2.05) is 6.07 Å². The molecule has 2 N–H and O–H groups in total. The molecule has 0 aliphatic rings. The molecule has 0 saturated carbocycles. The highest BCUT2D eigenvalue weighted by Gasteiger charge is 2.16. The van der Waals surface area contributed by atoms with Crippen LogP contribution in [0.1, 0.15) is 56.2 Å². The first-order valence-electron chi connectivity index (χ1n) is 8.54. The van der Waals surface area contributed by atoms with Crippen LogP contribution in [0.2, 0.25) is 0 Å². The van der Waals surface area contributed by atoms with E-state index in [0.29, 0.717) is 17.1 Å². The molecule has 0 aromatic heterocycles. The van der Waals surface area contributed by atoms with Gasteiger partial charge in [0.25, 0.3) is 0 Å². The first-order valence-corrected chi connectivity index (χ1v) is 9.90. The molecular formula is C20H26NO3P. The number of amides is 1. The van der Waals surface area contributed by atoms with Crippen molar-refractivity contribution in [2.24, 2.45) is 0 Å². The highest BCUT2D eigenvalue weighted by molar-refractivity contribution is 7.47. The minimum Gasteiger partial charge on any atom is -0.343 e. The van der Waals surface area contributed by atoms with Crippen LogP contribution in [0.5, 0.6) is 0 Å².